The number of amides is 1. The van der Waals surface area contributed by atoms with Crippen LogP contribution in [0.4, 0.5) is 4.39 Å². The fourth-order valence-electron chi connectivity index (χ4n) is 3.94. The number of Topliss-reactive ketones (excluding diaryl/α,β-unsaturated/α-hetero) is 1. The predicted molar refractivity (Wildman–Crippen MR) is 126 cm³/mol. The van der Waals surface area contributed by atoms with Crippen molar-refractivity contribution in [1.82, 2.24) is 9.80 Å². The van der Waals surface area contributed by atoms with E-state index >= 15 is 0 Å². The Bertz CT molecular complexity index is 1100. The fourth-order valence-corrected chi connectivity index (χ4v) is 3.94. The molecule has 7 heteroatoms. The van der Waals surface area contributed by atoms with Gasteiger partial charge in [-0.1, -0.05) is 45.0 Å². The quantitative estimate of drug-likeness (QED) is 0.404. The molecular weight excluding hydrogens is 423 g/mol. The van der Waals surface area contributed by atoms with Crippen molar-refractivity contribution in [2.45, 2.75) is 32.2 Å². The van der Waals surface area contributed by atoms with Gasteiger partial charge in [0.15, 0.2) is 0 Å². The Hall–Kier alpha value is -3.19. The summed E-state index contributed by atoms with van der Waals surface area (Å²) in [6.07, 6.45) is 0. The van der Waals surface area contributed by atoms with Crippen LogP contribution in [0.25, 0.3) is 5.76 Å². The SMILES string of the molecule is COc1ccc(C(C)(C)C)cc1/C(O)=C1\C(=O)C(=O)N(CCN(C)C)C1c1ccccc1F. The van der Waals surface area contributed by atoms with Gasteiger partial charge in [0.05, 0.1) is 24.3 Å². The molecule has 33 heavy (non-hydrogen) atoms. The van der Waals surface area contributed by atoms with Gasteiger partial charge in [-0.05, 0) is 43.3 Å². The lowest BCUT2D eigenvalue weighted by molar-refractivity contribution is -0.140. The maximum Gasteiger partial charge on any atom is 0.295 e. The van der Waals surface area contributed by atoms with E-state index in [1.54, 1.807) is 24.3 Å². The Morgan fingerprint density at radius 2 is 1.82 bits per heavy atom. The number of ketones is 1. The zero-order chi connectivity index (χ0) is 24.5. The number of carbonyl (C=O) groups is 2. The predicted octanol–water partition coefficient (Wildman–Crippen LogP) is 4.12. The van der Waals surface area contributed by atoms with E-state index in [4.69, 9.17) is 4.74 Å². The molecule has 1 aliphatic rings. The first-order valence-electron chi connectivity index (χ1n) is 10.8. The Kier molecular flexibility index (Phi) is 6.93. The first-order chi connectivity index (χ1) is 15.5. The number of hydrogen-bond donors (Lipinski definition) is 1. The fraction of sp³-hybridized carbons (Fsp3) is 0.385. The molecule has 2 aromatic carbocycles. The van der Waals surface area contributed by atoms with Crippen LogP contribution in [0.5, 0.6) is 5.75 Å². The number of carbonyl (C=O) groups excluding carboxylic acids is 2. The van der Waals surface area contributed by atoms with Gasteiger partial charge in [0.1, 0.15) is 17.3 Å². The maximum absolute atomic E-state index is 14.9. The topological polar surface area (TPSA) is 70.1 Å². The number of likely N-dealkylation sites (N-methyl/N-ethyl adjacent to an activating group) is 1. The molecule has 0 spiro atoms. The molecule has 2 aromatic rings. The number of benzene rings is 2. The van der Waals surface area contributed by atoms with Gasteiger partial charge in [0, 0.05) is 18.7 Å². The average Bonchev–Trinajstić information content (AvgIpc) is 3.01. The Balaban J connectivity index is 2.27. The number of nitrogens with zero attached hydrogens (tertiary/aromatic N) is 2. The van der Waals surface area contributed by atoms with E-state index in [0.29, 0.717) is 12.3 Å². The summed E-state index contributed by atoms with van der Waals surface area (Å²) in [7, 11) is 5.15. The molecule has 0 radical (unpaired) electrons. The minimum absolute atomic E-state index is 0.145. The summed E-state index contributed by atoms with van der Waals surface area (Å²) in [5.74, 6) is -2.19. The number of likely N-dealkylation sites (tertiary alicyclic amines) is 1. The molecule has 1 amide bonds. The third kappa shape index (κ3) is 4.78. The number of halogens is 1. The van der Waals surface area contributed by atoms with E-state index in [1.165, 1.54) is 24.1 Å². The highest BCUT2D eigenvalue weighted by Crippen LogP contribution is 2.42. The smallest absolute Gasteiger partial charge is 0.295 e. The molecule has 6 nitrogen and oxygen atoms in total. The molecule has 1 aliphatic heterocycles. The molecule has 1 N–H and O–H groups in total. The van der Waals surface area contributed by atoms with Gasteiger partial charge in [-0.15, -0.1) is 0 Å². The molecule has 0 aliphatic carbocycles. The highest BCUT2D eigenvalue weighted by molar-refractivity contribution is 6.46. The second-order valence-electron chi connectivity index (χ2n) is 9.48. The first kappa shape index (κ1) is 24.5. The molecule has 1 atom stereocenters. The zero-order valence-electron chi connectivity index (χ0n) is 20.0. The van der Waals surface area contributed by atoms with Crippen molar-refractivity contribution < 1.29 is 23.8 Å². The monoisotopic (exact) mass is 454 g/mol. The van der Waals surface area contributed by atoms with E-state index in [0.717, 1.165) is 5.56 Å². The summed E-state index contributed by atoms with van der Waals surface area (Å²) in [5.41, 5.74) is 0.978. The third-order valence-electron chi connectivity index (χ3n) is 5.85. The molecule has 3 rings (SSSR count). The van der Waals surface area contributed by atoms with Gasteiger partial charge in [-0.3, -0.25) is 9.59 Å². The zero-order valence-corrected chi connectivity index (χ0v) is 20.0. The van der Waals surface area contributed by atoms with Crippen molar-refractivity contribution >= 4 is 17.4 Å². The van der Waals surface area contributed by atoms with Crippen molar-refractivity contribution in [2.75, 3.05) is 34.3 Å². The number of aliphatic hydroxyl groups is 1. The van der Waals surface area contributed by atoms with E-state index in [-0.39, 0.29) is 34.4 Å². The largest absolute Gasteiger partial charge is 0.507 e. The first-order valence-corrected chi connectivity index (χ1v) is 10.8. The normalized spacial score (nSPS) is 18.3. The van der Waals surface area contributed by atoms with E-state index < -0.39 is 23.5 Å². The molecular formula is C26H31FN2O4. The number of ether oxygens (including phenoxy) is 1. The second-order valence-corrected chi connectivity index (χ2v) is 9.48. The summed E-state index contributed by atoms with van der Waals surface area (Å²) >= 11 is 0. The maximum atomic E-state index is 14.9. The number of hydrogen-bond acceptors (Lipinski definition) is 5. The van der Waals surface area contributed by atoms with Crippen molar-refractivity contribution in [2.24, 2.45) is 0 Å². The van der Waals surface area contributed by atoms with Crippen LogP contribution in [-0.2, 0) is 15.0 Å². The van der Waals surface area contributed by atoms with Crippen molar-refractivity contribution in [3.05, 3.63) is 70.5 Å². The van der Waals surface area contributed by atoms with Crippen molar-refractivity contribution in [1.29, 1.82) is 0 Å². The standard InChI is InChI=1S/C26H31FN2O4/c1-26(2,3)16-11-12-20(33-6)18(15-16)23(30)21-22(17-9-7-8-10-19(17)27)29(14-13-28(4)5)25(32)24(21)31/h7-12,15,22,30H,13-14H2,1-6H3/b23-21+. The van der Waals surface area contributed by atoms with Gasteiger partial charge >= 0.3 is 0 Å². The highest BCUT2D eigenvalue weighted by atomic mass is 19.1. The summed E-state index contributed by atoms with van der Waals surface area (Å²) in [5, 5.41) is 11.4. The van der Waals surface area contributed by atoms with Crippen LogP contribution in [-0.4, -0.2) is 60.9 Å². The van der Waals surface area contributed by atoms with Gasteiger partial charge in [0.2, 0.25) is 0 Å². The lowest BCUT2D eigenvalue weighted by atomic mass is 9.85. The molecule has 176 valence electrons. The van der Waals surface area contributed by atoms with E-state index in [1.807, 2.05) is 45.8 Å². The lowest BCUT2D eigenvalue weighted by Crippen LogP contribution is -2.35. The van der Waals surface area contributed by atoms with Crippen molar-refractivity contribution in [3.63, 3.8) is 0 Å². The summed E-state index contributed by atoms with van der Waals surface area (Å²) in [6.45, 7) is 6.75. The molecule has 1 heterocycles. The number of methoxy groups -OCH3 is 1. The van der Waals surface area contributed by atoms with E-state index in [2.05, 4.69) is 0 Å². The van der Waals surface area contributed by atoms with Crippen LogP contribution < -0.4 is 4.74 Å². The van der Waals surface area contributed by atoms with Gasteiger partial charge in [-0.2, -0.15) is 0 Å². The van der Waals surface area contributed by atoms with Gasteiger partial charge in [0.25, 0.3) is 11.7 Å². The van der Waals surface area contributed by atoms with Gasteiger partial charge < -0.3 is 19.6 Å². The molecule has 1 fully saturated rings. The molecule has 0 aromatic heterocycles. The third-order valence-corrected chi connectivity index (χ3v) is 5.85. The lowest BCUT2D eigenvalue weighted by Gasteiger charge is -2.27. The van der Waals surface area contributed by atoms with Crippen LogP contribution in [0.3, 0.4) is 0 Å². The van der Waals surface area contributed by atoms with Gasteiger partial charge in [-0.25, -0.2) is 4.39 Å². The van der Waals surface area contributed by atoms with Crippen LogP contribution in [0.15, 0.2) is 48.0 Å². The summed E-state index contributed by atoms with van der Waals surface area (Å²) in [6, 6.07) is 10.3. The molecule has 1 unspecified atom stereocenters. The Morgan fingerprint density at radius 1 is 1.15 bits per heavy atom. The Morgan fingerprint density at radius 3 is 2.39 bits per heavy atom. The van der Waals surface area contributed by atoms with Crippen LogP contribution in [0.1, 0.15) is 43.5 Å². The van der Waals surface area contributed by atoms with Crippen LogP contribution in [0.2, 0.25) is 0 Å². The van der Waals surface area contributed by atoms with E-state index in [9.17, 15) is 19.1 Å². The Labute approximate surface area is 194 Å². The summed E-state index contributed by atoms with van der Waals surface area (Å²) in [4.78, 5) is 29.4. The number of aliphatic hydroxyl groups excluding tert-OH is 1. The molecule has 0 saturated carbocycles. The molecule has 0 bridgehead atoms. The second kappa shape index (κ2) is 9.35. The van der Waals surface area contributed by atoms with Crippen LogP contribution in [0, 0.1) is 5.82 Å². The summed E-state index contributed by atoms with van der Waals surface area (Å²) < 4.78 is 20.3. The highest BCUT2D eigenvalue weighted by Gasteiger charge is 2.47. The average molecular weight is 455 g/mol. The minimum Gasteiger partial charge on any atom is -0.507 e. The minimum atomic E-state index is -1.05. The van der Waals surface area contributed by atoms with Crippen LogP contribution >= 0.6 is 0 Å². The van der Waals surface area contributed by atoms with Crippen molar-refractivity contribution in [3.8, 4) is 5.75 Å². The molecule has 1 saturated heterocycles. The number of rotatable bonds is 6.